The number of nitrogens with one attached hydrogen (secondary N) is 1. The highest BCUT2D eigenvalue weighted by molar-refractivity contribution is 5.79. The maximum atomic E-state index is 12.3. The highest BCUT2D eigenvalue weighted by Crippen LogP contribution is 2.23. The van der Waals surface area contributed by atoms with E-state index in [1.807, 2.05) is 42.5 Å². The van der Waals surface area contributed by atoms with Crippen molar-refractivity contribution in [2.75, 3.05) is 18.0 Å². The minimum atomic E-state index is 0.0660. The van der Waals surface area contributed by atoms with Crippen molar-refractivity contribution in [3.8, 4) is 6.07 Å². The zero-order valence-electron chi connectivity index (χ0n) is 13.5. The largest absolute Gasteiger partial charge is 0.370 e. The summed E-state index contributed by atoms with van der Waals surface area (Å²) in [6, 6.07) is 15.6. The summed E-state index contributed by atoms with van der Waals surface area (Å²) in [4.78, 5) is 18.6. The molecular weight excluding hydrogens is 300 g/mol. The molecular formula is C19H20N4O. The Morgan fingerprint density at radius 2 is 1.96 bits per heavy atom. The summed E-state index contributed by atoms with van der Waals surface area (Å²) in [5.74, 6) is 0.202. The topological polar surface area (TPSA) is 69.0 Å². The average Bonchev–Trinajstić information content (AvgIpc) is 2.67. The molecule has 2 heterocycles. The van der Waals surface area contributed by atoms with Crippen LogP contribution >= 0.6 is 0 Å². The van der Waals surface area contributed by atoms with E-state index in [1.165, 1.54) is 0 Å². The van der Waals surface area contributed by atoms with E-state index in [9.17, 15) is 4.79 Å². The zero-order chi connectivity index (χ0) is 16.8. The van der Waals surface area contributed by atoms with Crippen molar-refractivity contribution in [3.05, 3.63) is 59.9 Å². The van der Waals surface area contributed by atoms with Crippen LogP contribution in [-0.4, -0.2) is 24.0 Å². The molecule has 1 aliphatic rings. The Morgan fingerprint density at radius 1 is 1.21 bits per heavy atom. The van der Waals surface area contributed by atoms with Crippen LogP contribution in [0, 0.1) is 17.2 Å². The number of hydrogen-bond donors (Lipinski definition) is 1. The highest BCUT2D eigenvalue weighted by atomic mass is 16.1. The third-order valence-corrected chi connectivity index (χ3v) is 4.40. The van der Waals surface area contributed by atoms with Gasteiger partial charge in [0.25, 0.3) is 0 Å². The third-order valence-electron chi connectivity index (χ3n) is 4.40. The van der Waals surface area contributed by atoms with E-state index >= 15 is 0 Å². The second-order valence-corrected chi connectivity index (χ2v) is 5.98. The van der Waals surface area contributed by atoms with Gasteiger partial charge in [-0.2, -0.15) is 5.26 Å². The lowest BCUT2D eigenvalue weighted by Gasteiger charge is -2.32. The molecule has 2 aromatic rings. The number of nitrogens with zero attached hydrogens (tertiary/aromatic N) is 3. The summed E-state index contributed by atoms with van der Waals surface area (Å²) < 4.78 is 0. The molecule has 0 bridgehead atoms. The molecule has 3 rings (SSSR count). The maximum absolute atomic E-state index is 12.3. The summed E-state index contributed by atoms with van der Waals surface area (Å²) in [5, 5.41) is 11.8. The van der Waals surface area contributed by atoms with Gasteiger partial charge in [0, 0.05) is 25.6 Å². The molecule has 5 nitrogen and oxygen atoms in total. The lowest BCUT2D eigenvalue weighted by molar-refractivity contribution is -0.125. The molecule has 1 amide bonds. The standard InChI is InChI=1S/C19H20N4O/c20-12-17-6-7-18(14-21-17)23-10-8-16(9-11-23)19(24)22-13-15-4-2-1-3-5-15/h1-7,14,16H,8-11,13H2,(H,22,24). The fourth-order valence-corrected chi connectivity index (χ4v) is 2.97. The number of aromatic nitrogens is 1. The Hall–Kier alpha value is -2.87. The van der Waals surface area contributed by atoms with Crippen LogP contribution in [0.1, 0.15) is 24.1 Å². The van der Waals surface area contributed by atoms with E-state index in [0.29, 0.717) is 12.2 Å². The first-order chi connectivity index (χ1) is 11.8. The molecule has 0 unspecified atom stereocenters. The van der Waals surface area contributed by atoms with Crippen molar-refractivity contribution in [1.29, 1.82) is 5.26 Å². The summed E-state index contributed by atoms with van der Waals surface area (Å²) in [6.07, 6.45) is 3.40. The normalized spacial score (nSPS) is 14.9. The Labute approximate surface area is 141 Å². The number of rotatable bonds is 4. The van der Waals surface area contributed by atoms with Gasteiger partial charge in [-0.15, -0.1) is 0 Å². The van der Waals surface area contributed by atoms with Gasteiger partial charge in [0.15, 0.2) is 0 Å². The van der Waals surface area contributed by atoms with Crippen molar-refractivity contribution in [2.45, 2.75) is 19.4 Å². The summed E-state index contributed by atoms with van der Waals surface area (Å²) in [5.41, 5.74) is 2.55. The molecule has 1 aromatic heterocycles. The van der Waals surface area contributed by atoms with Crippen LogP contribution in [0.3, 0.4) is 0 Å². The van der Waals surface area contributed by atoms with Crippen LogP contribution in [0.15, 0.2) is 48.7 Å². The van der Waals surface area contributed by atoms with Gasteiger partial charge in [-0.05, 0) is 30.5 Å². The number of nitriles is 1. The SMILES string of the molecule is N#Cc1ccc(N2CCC(C(=O)NCc3ccccc3)CC2)cn1. The zero-order valence-corrected chi connectivity index (χ0v) is 13.5. The molecule has 0 atom stereocenters. The predicted molar refractivity (Wildman–Crippen MR) is 92.2 cm³/mol. The first-order valence-electron chi connectivity index (χ1n) is 8.19. The smallest absolute Gasteiger partial charge is 0.223 e. The monoisotopic (exact) mass is 320 g/mol. The third kappa shape index (κ3) is 3.90. The lowest BCUT2D eigenvalue weighted by Crippen LogP contribution is -2.40. The van der Waals surface area contributed by atoms with Crippen LogP contribution < -0.4 is 10.2 Å². The van der Waals surface area contributed by atoms with Gasteiger partial charge in [-0.3, -0.25) is 4.79 Å². The fourth-order valence-electron chi connectivity index (χ4n) is 2.97. The number of hydrogen-bond acceptors (Lipinski definition) is 4. The van der Waals surface area contributed by atoms with Gasteiger partial charge in [-0.1, -0.05) is 30.3 Å². The van der Waals surface area contributed by atoms with E-state index in [0.717, 1.165) is 37.2 Å². The summed E-state index contributed by atoms with van der Waals surface area (Å²) >= 11 is 0. The van der Waals surface area contributed by atoms with Gasteiger partial charge in [0.05, 0.1) is 11.9 Å². The van der Waals surface area contributed by atoms with Crippen molar-refractivity contribution in [3.63, 3.8) is 0 Å². The number of amides is 1. The Morgan fingerprint density at radius 3 is 2.58 bits per heavy atom. The van der Waals surface area contributed by atoms with Gasteiger partial charge < -0.3 is 10.2 Å². The molecule has 0 saturated carbocycles. The molecule has 1 aromatic carbocycles. The first kappa shape index (κ1) is 16.0. The molecule has 24 heavy (non-hydrogen) atoms. The minimum Gasteiger partial charge on any atom is -0.370 e. The lowest BCUT2D eigenvalue weighted by atomic mass is 9.95. The Kier molecular flexibility index (Phi) is 5.07. The second kappa shape index (κ2) is 7.60. The molecule has 122 valence electrons. The first-order valence-corrected chi connectivity index (χ1v) is 8.19. The molecule has 0 spiro atoms. The average molecular weight is 320 g/mol. The molecule has 1 saturated heterocycles. The summed E-state index contributed by atoms with van der Waals surface area (Å²) in [6.45, 7) is 2.24. The number of carbonyl (C=O) groups is 1. The van der Waals surface area contributed by atoms with E-state index < -0.39 is 0 Å². The van der Waals surface area contributed by atoms with E-state index in [1.54, 1.807) is 12.3 Å². The molecule has 5 heteroatoms. The number of pyridine rings is 1. The van der Waals surface area contributed by atoms with Gasteiger partial charge in [0.2, 0.25) is 5.91 Å². The van der Waals surface area contributed by atoms with Gasteiger partial charge >= 0.3 is 0 Å². The number of carbonyl (C=O) groups excluding carboxylic acids is 1. The number of anilines is 1. The quantitative estimate of drug-likeness (QED) is 0.939. The van der Waals surface area contributed by atoms with Crippen LogP contribution in [0.4, 0.5) is 5.69 Å². The highest BCUT2D eigenvalue weighted by Gasteiger charge is 2.25. The van der Waals surface area contributed by atoms with E-state index in [-0.39, 0.29) is 11.8 Å². The van der Waals surface area contributed by atoms with Crippen molar-refractivity contribution in [1.82, 2.24) is 10.3 Å². The van der Waals surface area contributed by atoms with E-state index in [4.69, 9.17) is 5.26 Å². The Bertz CT molecular complexity index is 713. The van der Waals surface area contributed by atoms with Gasteiger partial charge in [0.1, 0.15) is 11.8 Å². The molecule has 1 aliphatic heterocycles. The van der Waals surface area contributed by atoms with E-state index in [2.05, 4.69) is 15.2 Å². The van der Waals surface area contributed by atoms with Crippen LogP contribution in [-0.2, 0) is 11.3 Å². The second-order valence-electron chi connectivity index (χ2n) is 5.98. The molecule has 1 fully saturated rings. The fraction of sp³-hybridized carbons (Fsp3) is 0.316. The van der Waals surface area contributed by atoms with Crippen LogP contribution in [0.25, 0.3) is 0 Å². The number of benzene rings is 1. The Balaban J connectivity index is 1.49. The summed E-state index contributed by atoms with van der Waals surface area (Å²) in [7, 11) is 0. The molecule has 1 N–H and O–H groups in total. The maximum Gasteiger partial charge on any atom is 0.223 e. The van der Waals surface area contributed by atoms with Crippen LogP contribution in [0.5, 0.6) is 0 Å². The van der Waals surface area contributed by atoms with Crippen molar-refractivity contribution in [2.24, 2.45) is 5.92 Å². The molecule has 0 aliphatic carbocycles. The minimum absolute atomic E-state index is 0.0660. The predicted octanol–water partition coefficient (Wildman–Crippen LogP) is 2.49. The van der Waals surface area contributed by atoms with Gasteiger partial charge in [-0.25, -0.2) is 4.98 Å². The van der Waals surface area contributed by atoms with Crippen molar-refractivity contribution < 1.29 is 4.79 Å². The number of piperidine rings is 1. The van der Waals surface area contributed by atoms with Crippen molar-refractivity contribution >= 4 is 11.6 Å². The molecule has 0 radical (unpaired) electrons. The van der Waals surface area contributed by atoms with Crippen LogP contribution in [0.2, 0.25) is 0 Å².